The van der Waals surface area contributed by atoms with Crippen LogP contribution in [0.25, 0.3) is 17.0 Å². The predicted molar refractivity (Wildman–Crippen MR) is 131 cm³/mol. The molecule has 4 aromatic rings. The molecule has 0 aliphatic heterocycles. The zero-order chi connectivity index (χ0) is 24.9. The maximum Gasteiger partial charge on any atom is 0.331 e. The Morgan fingerprint density at radius 1 is 0.914 bits per heavy atom. The lowest BCUT2D eigenvalue weighted by Gasteiger charge is -2.15. The van der Waals surface area contributed by atoms with Crippen LogP contribution in [-0.2, 0) is 24.3 Å². The molecule has 8 heteroatoms. The number of nitrogens with zero attached hydrogens (tertiary/aromatic N) is 2. The first-order valence-corrected chi connectivity index (χ1v) is 11.0. The molecule has 0 unspecified atom stereocenters. The predicted octanol–water partition coefficient (Wildman–Crippen LogP) is 2.87. The minimum Gasteiger partial charge on any atom is -0.508 e. The van der Waals surface area contributed by atoms with Gasteiger partial charge in [0.25, 0.3) is 5.56 Å². The Bertz CT molecular complexity index is 1520. The van der Waals surface area contributed by atoms with Crippen molar-refractivity contribution in [1.29, 1.82) is 0 Å². The molecule has 0 spiro atoms. The Balaban J connectivity index is 1.70. The van der Waals surface area contributed by atoms with Gasteiger partial charge in [-0.15, -0.1) is 0 Å². The summed E-state index contributed by atoms with van der Waals surface area (Å²) in [5.41, 5.74) is 1.49. The van der Waals surface area contributed by atoms with Crippen LogP contribution in [-0.4, -0.2) is 31.7 Å². The van der Waals surface area contributed by atoms with Crippen LogP contribution in [0, 0.1) is 5.82 Å². The number of fused-ring (bicyclic) bond motifs is 1. The van der Waals surface area contributed by atoms with Crippen molar-refractivity contribution in [3.63, 3.8) is 0 Å². The molecule has 0 radical (unpaired) electrons. The number of aryl methyl sites for hydroxylation is 1. The van der Waals surface area contributed by atoms with Gasteiger partial charge in [0, 0.05) is 6.54 Å². The van der Waals surface area contributed by atoms with Crippen LogP contribution >= 0.6 is 0 Å². The number of aliphatic hydroxyl groups excluding tert-OH is 1. The third kappa shape index (κ3) is 5.44. The van der Waals surface area contributed by atoms with E-state index in [2.05, 4.69) is 0 Å². The smallest absolute Gasteiger partial charge is 0.331 e. The van der Waals surface area contributed by atoms with Crippen LogP contribution in [0.1, 0.15) is 16.7 Å². The second kappa shape index (κ2) is 10.3. The Morgan fingerprint density at radius 2 is 1.60 bits per heavy atom. The van der Waals surface area contributed by atoms with Gasteiger partial charge in [0.2, 0.25) is 0 Å². The number of rotatable bonds is 8. The molecule has 0 aliphatic carbocycles. The first kappa shape index (κ1) is 23.8. The van der Waals surface area contributed by atoms with Gasteiger partial charge in [0.05, 0.1) is 17.4 Å². The summed E-state index contributed by atoms with van der Waals surface area (Å²) in [6, 6.07) is 17.3. The van der Waals surface area contributed by atoms with E-state index in [1.165, 1.54) is 41.0 Å². The number of phenolic OH excluding ortho intramolecular Hbond substituents is 1. The van der Waals surface area contributed by atoms with E-state index < -0.39 is 29.5 Å². The van der Waals surface area contributed by atoms with Crippen molar-refractivity contribution in [3.8, 4) is 5.75 Å². The Hall–Kier alpha value is -4.30. The lowest BCUT2D eigenvalue weighted by atomic mass is 10.1. The van der Waals surface area contributed by atoms with Crippen LogP contribution in [0.4, 0.5) is 4.39 Å². The van der Waals surface area contributed by atoms with E-state index in [0.717, 1.165) is 21.3 Å². The number of halogens is 1. The summed E-state index contributed by atoms with van der Waals surface area (Å²) in [5.74, 6) is -0.841. The number of carbonyl (C=O) groups excluding carboxylic acids is 1. The summed E-state index contributed by atoms with van der Waals surface area (Å²) in [7, 11) is 0. The molecule has 0 atom stereocenters. The van der Waals surface area contributed by atoms with Crippen molar-refractivity contribution >= 4 is 22.8 Å². The lowest BCUT2D eigenvalue weighted by Crippen LogP contribution is -2.40. The van der Waals surface area contributed by atoms with E-state index in [-0.39, 0.29) is 29.7 Å². The van der Waals surface area contributed by atoms with E-state index in [9.17, 15) is 23.9 Å². The first-order valence-electron chi connectivity index (χ1n) is 11.0. The van der Waals surface area contributed by atoms with Gasteiger partial charge in [-0.05, 0) is 59.5 Å². The number of carbonyl (C=O) groups is 1. The molecule has 0 aliphatic rings. The van der Waals surface area contributed by atoms with Crippen LogP contribution in [0.5, 0.6) is 5.75 Å². The molecular formula is C27H23FN2O5. The number of aromatic hydroxyl groups is 1. The number of phenols is 1. The van der Waals surface area contributed by atoms with Gasteiger partial charge in [-0.2, -0.15) is 0 Å². The fourth-order valence-electron chi connectivity index (χ4n) is 3.80. The molecule has 0 saturated carbocycles. The van der Waals surface area contributed by atoms with Crippen LogP contribution < -0.4 is 11.2 Å². The normalized spacial score (nSPS) is 11.4. The molecule has 35 heavy (non-hydrogen) atoms. The Labute approximate surface area is 199 Å². The average molecular weight is 474 g/mol. The van der Waals surface area contributed by atoms with Gasteiger partial charge in [-0.1, -0.05) is 42.5 Å². The maximum absolute atomic E-state index is 14.1. The third-order valence-corrected chi connectivity index (χ3v) is 5.69. The molecule has 1 heterocycles. The monoisotopic (exact) mass is 474 g/mol. The second-order valence-corrected chi connectivity index (χ2v) is 8.10. The highest BCUT2D eigenvalue weighted by molar-refractivity contribution is 5.94. The fraction of sp³-hybridized carbons (Fsp3) is 0.148. The van der Waals surface area contributed by atoms with Gasteiger partial charge in [0.15, 0.2) is 5.78 Å². The topological polar surface area (TPSA) is 102 Å². The van der Waals surface area contributed by atoms with Gasteiger partial charge < -0.3 is 10.2 Å². The van der Waals surface area contributed by atoms with Crippen molar-refractivity contribution in [2.75, 3.05) is 6.61 Å². The number of aromatic nitrogens is 2. The molecular weight excluding hydrogens is 451 g/mol. The van der Waals surface area contributed by atoms with Crippen molar-refractivity contribution in [2.45, 2.75) is 19.5 Å². The van der Waals surface area contributed by atoms with Gasteiger partial charge in [0.1, 0.15) is 18.2 Å². The SMILES string of the molecule is O=C(/C=C/c1ccc(Cn2c(=O)n(CCc3ccc(O)cc3)c(=O)c3ccc(F)cc32)cc1)CO. The number of aliphatic hydroxyl groups is 1. The van der Waals surface area contributed by atoms with E-state index in [1.807, 2.05) is 0 Å². The molecule has 2 N–H and O–H groups in total. The van der Waals surface area contributed by atoms with Crippen molar-refractivity contribution < 1.29 is 19.4 Å². The number of hydrogen-bond donors (Lipinski definition) is 2. The minimum absolute atomic E-state index is 0.109. The minimum atomic E-state index is -0.566. The largest absolute Gasteiger partial charge is 0.508 e. The van der Waals surface area contributed by atoms with Gasteiger partial charge >= 0.3 is 5.69 Å². The van der Waals surface area contributed by atoms with Crippen molar-refractivity contribution in [2.24, 2.45) is 0 Å². The zero-order valence-corrected chi connectivity index (χ0v) is 18.7. The molecule has 0 fully saturated rings. The number of hydrogen-bond acceptors (Lipinski definition) is 5. The molecule has 7 nitrogen and oxygen atoms in total. The fourth-order valence-corrected chi connectivity index (χ4v) is 3.80. The summed E-state index contributed by atoms with van der Waals surface area (Å²) in [5, 5.41) is 18.5. The van der Waals surface area contributed by atoms with Crippen LogP contribution in [0.2, 0.25) is 0 Å². The standard InChI is InChI=1S/C27H23FN2O5/c28-21-8-12-24-25(15-21)30(16-20-3-1-18(2-4-20)7-11-23(33)17-31)27(35)29(26(24)34)14-13-19-5-9-22(32)10-6-19/h1-12,15,31-32H,13-14,16-17H2/b11-7+. The van der Waals surface area contributed by atoms with E-state index >= 15 is 0 Å². The quantitative estimate of drug-likeness (QED) is 0.383. The highest BCUT2D eigenvalue weighted by Gasteiger charge is 2.14. The third-order valence-electron chi connectivity index (χ3n) is 5.69. The van der Waals surface area contributed by atoms with Crippen molar-refractivity contribution in [3.05, 3.63) is 116 Å². The molecule has 3 aromatic carbocycles. The average Bonchev–Trinajstić information content (AvgIpc) is 2.86. The zero-order valence-electron chi connectivity index (χ0n) is 18.7. The number of benzene rings is 3. The van der Waals surface area contributed by atoms with E-state index in [1.54, 1.807) is 42.5 Å². The summed E-state index contributed by atoms with van der Waals surface area (Å²) in [6.45, 7) is -0.334. The molecule has 178 valence electrons. The van der Waals surface area contributed by atoms with Crippen LogP contribution in [0.15, 0.2) is 82.4 Å². The molecule has 4 rings (SSSR count). The highest BCUT2D eigenvalue weighted by atomic mass is 19.1. The number of ketones is 1. The summed E-state index contributed by atoms with van der Waals surface area (Å²) < 4.78 is 16.6. The molecule has 0 bridgehead atoms. The van der Waals surface area contributed by atoms with E-state index in [4.69, 9.17) is 5.11 Å². The maximum atomic E-state index is 14.1. The Morgan fingerprint density at radius 3 is 2.29 bits per heavy atom. The summed E-state index contributed by atoms with van der Waals surface area (Å²) in [4.78, 5) is 37.7. The summed E-state index contributed by atoms with van der Waals surface area (Å²) in [6.07, 6.45) is 3.25. The summed E-state index contributed by atoms with van der Waals surface area (Å²) >= 11 is 0. The first-order chi connectivity index (χ1) is 16.9. The second-order valence-electron chi connectivity index (χ2n) is 8.10. The van der Waals surface area contributed by atoms with Gasteiger partial charge in [-0.25, -0.2) is 9.18 Å². The van der Waals surface area contributed by atoms with Crippen LogP contribution in [0.3, 0.4) is 0 Å². The molecule has 1 aromatic heterocycles. The molecule has 0 saturated heterocycles. The van der Waals surface area contributed by atoms with Gasteiger partial charge in [-0.3, -0.25) is 18.7 Å². The van der Waals surface area contributed by atoms with E-state index in [0.29, 0.717) is 6.42 Å². The van der Waals surface area contributed by atoms with Crippen molar-refractivity contribution in [1.82, 2.24) is 9.13 Å². The lowest BCUT2D eigenvalue weighted by molar-refractivity contribution is -0.117. The highest BCUT2D eigenvalue weighted by Crippen LogP contribution is 2.15. The Kier molecular flexibility index (Phi) is 7.03. The molecule has 0 amide bonds.